The van der Waals surface area contributed by atoms with Crippen molar-refractivity contribution < 1.29 is 14.2 Å². The van der Waals surface area contributed by atoms with Crippen LogP contribution in [0.5, 0.6) is 0 Å². The van der Waals surface area contributed by atoms with Crippen LogP contribution < -0.4 is 5.32 Å². The second-order valence-electron chi connectivity index (χ2n) is 5.32. The molecule has 1 fully saturated rings. The molecular weight excluding hydrogens is 245 g/mol. The first-order valence-electron chi connectivity index (χ1n) is 6.90. The molecule has 2 rings (SSSR count). The largest absolute Gasteiger partial charge is 0.389 e. The molecule has 0 heterocycles. The zero-order chi connectivity index (χ0) is 13.7. The Bertz CT molecular complexity index is 378. The van der Waals surface area contributed by atoms with E-state index in [1.807, 2.05) is 6.92 Å². The maximum absolute atomic E-state index is 12.8. The van der Waals surface area contributed by atoms with Crippen molar-refractivity contribution in [2.45, 2.75) is 31.9 Å². The van der Waals surface area contributed by atoms with Gasteiger partial charge < -0.3 is 15.2 Å². The summed E-state index contributed by atoms with van der Waals surface area (Å²) in [7, 11) is 0. The number of halogens is 1. The average Bonchev–Trinajstić information content (AvgIpc) is 3.21. The lowest BCUT2D eigenvalue weighted by Crippen LogP contribution is -2.32. The van der Waals surface area contributed by atoms with Crippen molar-refractivity contribution in [2.75, 3.05) is 19.8 Å². The molecule has 1 aliphatic rings. The molecule has 2 N–H and O–H groups in total. The normalized spacial score (nSPS) is 18.3. The molecule has 0 bridgehead atoms. The fourth-order valence-corrected chi connectivity index (χ4v) is 1.90. The van der Waals surface area contributed by atoms with E-state index < -0.39 is 6.10 Å². The lowest BCUT2D eigenvalue weighted by Gasteiger charge is -2.17. The Morgan fingerprint density at radius 2 is 2.05 bits per heavy atom. The molecule has 0 saturated heterocycles. The molecular formula is C15H22FNO2. The van der Waals surface area contributed by atoms with Crippen LogP contribution in [0.2, 0.25) is 0 Å². The molecule has 19 heavy (non-hydrogen) atoms. The van der Waals surface area contributed by atoms with Gasteiger partial charge in [0.1, 0.15) is 5.82 Å². The first kappa shape index (κ1) is 14.4. The summed E-state index contributed by atoms with van der Waals surface area (Å²) in [6, 6.07) is 6.48. The molecule has 2 atom stereocenters. The van der Waals surface area contributed by atoms with Gasteiger partial charge in [-0.1, -0.05) is 12.1 Å². The van der Waals surface area contributed by atoms with Gasteiger partial charge >= 0.3 is 0 Å². The zero-order valence-electron chi connectivity index (χ0n) is 11.3. The number of ether oxygens (including phenoxy) is 1. The van der Waals surface area contributed by atoms with Gasteiger partial charge in [0.2, 0.25) is 0 Å². The molecule has 0 radical (unpaired) electrons. The molecule has 106 valence electrons. The maximum atomic E-state index is 12.8. The number of aliphatic hydroxyl groups excluding tert-OH is 1. The molecule has 1 aromatic carbocycles. The molecule has 0 spiro atoms. The Labute approximate surface area is 113 Å². The number of hydrogen-bond donors (Lipinski definition) is 2. The van der Waals surface area contributed by atoms with E-state index in [0.29, 0.717) is 13.2 Å². The highest BCUT2D eigenvalue weighted by Gasteiger charge is 2.21. The van der Waals surface area contributed by atoms with Crippen LogP contribution in [0.4, 0.5) is 4.39 Å². The highest BCUT2D eigenvalue weighted by Crippen LogP contribution is 2.28. The van der Waals surface area contributed by atoms with Gasteiger partial charge in [-0.25, -0.2) is 4.39 Å². The minimum Gasteiger partial charge on any atom is -0.389 e. The van der Waals surface area contributed by atoms with Gasteiger partial charge in [0.25, 0.3) is 0 Å². The zero-order valence-corrected chi connectivity index (χ0v) is 11.3. The molecule has 3 nitrogen and oxygen atoms in total. The van der Waals surface area contributed by atoms with Gasteiger partial charge in [0, 0.05) is 19.2 Å². The van der Waals surface area contributed by atoms with Crippen molar-refractivity contribution in [3.8, 4) is 0 Å². The third-order valence-corrected chi connectivity index (χ3v) is 3.39. The minimum absolute atomic E-state index is 0.0821. The van der Waals surface area contributed by atoms with Crippen LogP contribution in [0.3, 0.4) is 0 Å². The summed E-state index contributed by atoms with van der Waals surface area (Å²) in [5.41, 5.74) is 1.01. The summed E-state index contributed by atoms with van der Waals surface area (Å²) in [6.07, 6.45) is 2.02. The van der Waals surface area contributed by atoms with Crippen molar-refractivity contribution in [3.05, 3.63) is 35.6 Å². The van der Waals surface area contributed by atoms with E-state index in [0.717, 1.165) is 18.1 Å². The van der Waals surface area contributed by atoms with Crippen LogP contribution in [0, 0.1) is 11.7 Å². The van der Waals surface area contributed by atoms with E-state index in [1.165, 1.54) is 25.0 Å². The van der Waals surface area contributed by atoms with Crippen LogP contribution in [-0.4, -0.2) is 31.0 Å². The number of benzene rings is 1. The third-order valence-electron chi connectivity index (χ3n) is 3.39. The lowest BCUT2D eigenvalue weighted by molar-refractivity contribution is 0.0315. The van der Waals surface area contributed by atoms with Crippen molar-refractivity contribution in [1.29, 1.82) is 0 Å². The summed E-state index contributed by atoms with van der Waals surface area (Å²) >= 11 is 0. The minimum atomic E-state index is -0.498. The third kappa shape index (κ3) is 5.27. The van der Waals surface area contributed by atoms with Crippen LogP contribution >= 0.6 is 0 Å². The Hall–Kier alpha value is -0.970. The topological polar surface area (TPSA) is 41.5 Å². The Balaban J connectivity index is 1.64. The predicted octanol–water partition coefficient (Wildman–Crippen LogP) is 2.26. The maximum Gasteiger partial charge on any atom is 0.123 e. The van der Waals surface area contributed by atoms with Gasteiger partial charge in [-0.3, -0.25) is 0 Å². The van der Waals surface area contributed by atoms with E-state index in [1.54, 1.807) is 12.1 Å². The SMILES string of the molecule is C[C@H](NCC(O)COCC1CC1)c1ccc(F)cc1. The smallest absolute Gasteiger partial charge is 0.123 e. The van der Waals surface area contributed by atoms with Gasteiger partial charge in [-0.05, 0) is 43.4 Å². The Morgan fingerprint density at radius 1 is 1.37 bits per heavy atom. The van der Waals surface area contributed by atoms with Crippen molar-refractivity contribution in [1.82, 2.24) is 5.32 Å². The summed E-state index contributed by atoms with van der Waals surface area (Å²) in [5, 5.41) is 13.0. The van der Waals surface area contributed by atoms with Crippen molar-refractivity contribution in [2.24, 2.45) is 5.92 Å². The van der Waals surface area contributed by atoms with Gasteiger partial charge in [0.15, 0.2) is 0 Å². The van der Waals surface area contributed by atoms with Gasteiger partial charge in [-0.15, -0.1) is 0 Å². The van der Waals surface area contributed by atoms with Crippen LogP contribution in [0.1, 0.15) is 31.4 Å². The molecule has 1 saturated carbocycles. The quantitative estimate of drug-likeness (QED) is 0.759. The van der Waals surface area contributed by atoms with E-state index in [4.69, 9.17) is 4.74 Å². The lowest BCUT2D eigenvalue weighted by atomic mass is 10.1. The van der Waals surface area contributed by atoms with Crippen LogP contribution in [0.15, 0.2) is 24.3 Å². The molecule has 1 aliphatic carbocycles. The Kier molecular flexibility index (Phi) is 5.31. The summed E-state index contributed by atoms with van der Waals surface area (Å²) in [4.78, 5) is 0. The van der Waals surface area contributed by atoms with Crippen LogP contribution in [-0.2, 0) is 4.74 Å². The Morgan fingerprint density at radius 3 is 2.68 bits per heavy atom. The second kappa shape index (κ2) is 6.98. The molecule has 0 aromatic heterocycles. The standard InChI is InChI=1S/C15H22FNO2/c1-11(13-4-6-14(16)7-5-13)17-8-15(18)10-19-9-12-2-3-12/h4-7,11-12,15,17-18H,2-3,8-10H2,1H3/t11-,15?/m0/s1. The predicted molar refractivity (Wildman–Crippen MR) is 72.4 cm³/mol. The summed E-state index contributed by atoms with van der Waals surface area (Å²) in [6.45, 7) is 3.61. The second-order valence-corrected chi connectivity index (χ2v) is 5.32. The van der Waals surface area contributed by atoms with Gasteiger partial charge in [-0.2, -0.15) is 0 Å². The molecule has 1 aromatic rings. The monoisotopic (exact) mass is 267 g/mol. The van der Waals surface area contributed by atoms with E-state index in [2.05, 4.69) is 5.32 Å². The van der Waals surface area contributed by atoms with Crippen molar-refractivity contribution in [3.63, 3.8) is 0 Å². The molecule has 4 heteroatoms. The van der Waals surface area contributed by atoms with E-state index >= 15 is 0 Å². The molecule has 0 aliphatic heterocycles. The first-order chi connectivity index (χ1) is 9.15. The first-order valence-corrected chi connectivity index (χ1v) is 6.90. The molecule has 0 amide bonds. The van der Waals surface area contributed by atoms with Crippen molar-refractivity contribution >= 4 is 0 Å². The number of aliphatic hydroxyl groups is 1. The van der Waals surface area contributed by atoms with E-state index in [9.17, 15) is 9.50 Å². The number of hydrogen-bond acceptors (Lipinski definition) is 3. The average molecular weight is 267 g/mol. The summed E-state index contributed by atoms with van der Waals surface area (Å²) < 4.78 is 18.2. The number of nitrogens with one attached hydrogen (secondary N) is 1. The van der Waals surface area contributed by atoms with E-state index in [-0.39, 0.29) is 11.9 Å². The summed E-state index contributed by atoms with van der Waals surface area (Å²) in [5.74, 6) is 0.489. The highest BCUT2D eigenvalue weighted by atomic mass is 19.1. The molecule has 1 unspecified atom stereocenters. The number of rotatable bonds is 8. The fourth-order valence-electron chi connectivity index (χ4n) is 1.90. The van der Waals surface area contributed by atoms with Gasteiger partial charge in [0.05, 0.1) is 12.7 Å². The van der Waals surface area contributed by atoms with Crippen LogP contribution in [0.25, 0.3) is 0 Å². The fraction of sp³-hybridized carbons (Fsp3) is 0.600. The highest BCUT2D eigenvalue weighted by molar-refractivity contribution is 5.19.